The molecule has 0 spiro atoms. The van der Waals surface area contributed by atoms with E-state index in [1.165, 1.54) is 17.8 Å². The number of pyridine rings is 1. The Bertz CT molecular complexity index is 668. The number of nitrogen functional groups attached to an aromatic ring is 1. The molecule has 104 valence electrons. The van der Waals surface area contributed by atoms with Gasteiger partial charge in [-0.2, -0.15) is 0 Å². The number of hydrogen-bond acceptors (Lipinski definition) is 3. The van der Waals surface area contributed by atoms with E-state index in [1.807, 2.05) is 12.1 Å². The minimum absolute atomic E-state index is 0.489. The van der Waals surface area contributed by atoms with Gasteiger partial charge in [0.25, 0.3) is 0 Å². The summed E-state index contributed by atoms with van der Waals surface area (Å²) in [6, 6.07) is 6.62. The molecular formula is C14H11F3N2O. The van der Waals surface area contributed by atoms with Crippen LogP contribution in [0.3, 0.4) is 0 Å². The first kappa shape index (κ1) is 12.8. The summed E-state index contributed by atoms with van der Waals surface area (Å²) in [6.45, 7) is 0. The number of halogens is 3. The standard InChI is InChI=1S/C14H11F3N2O/c15-14(16,17)20-12-7-9(5-6-19-12)11-4-2-8-1-3-10(8)13(11)18/h2,4-7H,1,3,18H2. The van der Waals surface area contributed by atoms with Crippen molar-refractivity contribution in [1.82, 2.24) is 4.98 Å². The third-order valence-electron chi connectivity index (χ3n) is 3.36. The smallest absolute Gasteiger partial charge is 0.398 e. The molecule has 0 amide bonds. The molecule has 1 aliphatic carbocycles. The molecule has 0 radical (unpaired) electrons. The van der Waals surface area contributed by atoms with Crippen molar-refractivity contribution in [2.75, 3.05) is 5.73 Å². The number of hydrogen-bond donors (Lipinski definition) is 1. The Morgan fingerprint density at radius 1 is 1.15 bits per heavy atom. The predicted octanol–water partition coefficient (Wildman–Crippen LogP) is 3.33. The Kier molecular flexibility index (Phi) is 2.81. The first-order valence-electron chi connectivity index (χ1n) is 6.06. The summed E-state index contributed by atoms with van der Waals surface area (Å²) in [5, 5.41) is 0. The number of fused-ring (bicyclic) bond motifs is 1. The molecule has 3 rings (SSSR count). The number of nitrogens with two attached hydrogens (primary N) is 1. The molecule has 0 aliphatic heterocycles. The highest BCUT2D eigenvalue weighted by Gasteiger charge is 2.32. The summed E-state index contributed by atoms with van der Waals surface area (Å²) in [5.41, 5.74) is 10.2. The summed E-state index contributed by atoms with van der Waals surface area (Å²) in [5.74, 6) is -0.489. The number of anilines is 1. The van der Waals surface area contributed by atoms with E-state index in [1.54, 1.807) is 6.07 Å². The fourth-order valence-corrected chi connectivity index (χ4v) is 2.33. The van der Waals surface area contributed by atoms with Crippen molar-refractivity contribution >= 4 is 5.69 Å². The average molecular weight is 280 g/mol. The summed E-state index contributed by atoms with van der Waals surface area (Å²) >= 11 is 0. The number of aromatic nitrogens is 1. The Labute approximate surface area is 113 Å². The number of benzene rings is 1. The van der Waals surface area contributed by atoms with E-state index < -0.39 is 12.2 Å². The molecule has 0 fully saturated rings. The zero-order valence-electron chi connectivity index (χ0n) is 10.4. The molecule has 0 saturated heterocycles. The maximum absolute atomic E-state index is 12.2. The first-order chi connectivity index (χ1) is 9.44. The van der Waals surface area contributed by atoms with Gasteiger partial charge >= 0.3 is 6.36 Å². The molecule has 1 heterocycles. The van der Waals surface area contributed by atoms with Gasteiger partial charge in [0.2, 0.25) is 5.88 Å². The second-order valence-corrected chi connectivity index (χ2v) is 4.60. The van der Waals surface area contributed by atoms with Gasteiger partial charge in [0, 0.05) is 23.5 Å². The van der Waals surface area contributed by atoms with Crippen LogP contribution in [0.5, 0.6) is 5.88 Å². The molecule has 0 unspecified atom stereocenters. The summed E-state index contributed by atoms with van der Waals surface area (Å²) < 4.78 is 40.4. The van der Waals surface area contributed by atoms with Gasteiger partial charge < -0.3 is 10.5 Å². The van der Waals surface area contributed by atoms with E-state index in [0.717, 1.165) is 18.4 Å². The maximum Gasteiger partial charge on any atom is 0.574 e. The number of rotatable bonds is 2. The number of aryl methyl sites for hydroxylation is 1. The van der Waals surface area contributed by atoms with Gasteiger partial charge in [0.05, 0.1) is 0 Å². The molecule has 0 bridgehead atoms. The van der Waals surface area contributed by atoms with E-state index in [4.69, 9.17) is 5.73 Å². The lowest BCUT2D eigenvalue weighted by atomic mass is 9.84. The molecule has 0 saturated carbocycles. The summed E-state index contributed by atoms with van der Waals surface area (Å²) in [4.78, 5) is 3.55. The van der Waals surface area contributed by atoms with Crippen molar-refractivity contribution in [3.8, 4) is 17.0 Å². The monoisotopic (exact) mass is 280 g/mol. The lowest BCUT2D eigenvalue weighted by Gasteiger charge is -2.23. The van der Waals surface area contributed by atoms with E-state index in [9.17, 15) is 13.2 Å². The highest BCUT2D eigenvalue weighted by Crippen LogP contribution is 2.37. The van der Waals surface area contributed by atoms with Crippen LogP contribution in [-0.2, 0) is 12.8 Å². The average Bonchev–Trinajstić information content (AvgIpc) is 2.29. The molecule has 20 heavy (non-hydrogen) atoms. The SMILES string of the molecule is Nc1c(-c2ccnc(OC(F)(F)F)c2)ccc2c1CC2. The van der Waals surface area contributed by atoms with Gasteiger partial charge in [-0.1, -0.05) is 12.1 Å². The lowest BCUT2D eigenvalue weighted by Crippen LogP contribution is -2.17. The Hall–Kier alpha value is -2.24. The zero-order valence-corrected chi connectivity index (χ0v) is 10.4. The zero-order chi connectivity index (χ0) is 14.3. The van der Waals surface area contributed by atoms with Crippen LogP contribution in [0.4, 0.5) is 18.9 Å². The van der Waals surface area contributed by atoms with Crippen LogP contribution in [0.1, 0.15) is 11.1 Å². The van der Waals surface area contributed by atoms with Crippen LogP contribution in [0.2, 0.25) is 0 Å². The van der Waals surface area contributed by atoms with Gasteiger partial charge in [0.1, 0.15) is 0 Å². The minimum Gasteiger partial charge on any atom is -0.398 e. The summed E-state index contributed by atoms with van der Waals surface area (Å²) in [7, 11) is 0. The summed E-state index contributed by atoms with van der Waals surface area (Å²) in [6.07, 6.45) is -1.57. The third kappa shape index (κ3) is 2.29. The van der Waals surface area contributed by atoms with E-state index in [2.05, 4.69) is 9.72 Å². The topological polar surface area (TPSA) is 48.1 Å². The van der Waals surface area contributed by atoms with E-state index >= 15 is 0 Å². The predicted molar refractivity (Wildman–Crippen MR) is 68.2 cm³/mol. The Morgan fingerprint density at radius 2 is 1.95 bits per heavy atom. The third-order valence-corrected chi connectivity index (χ3v) is 3.36. The molecule has 1 aliphatic rings. The lowest BCUT2D eigenvalue weighted by molar-refractivity contribution is -0.276. The highest BCUT2D eigenvalue weighted by molar-refractivity contribution is 5.80. The first-order valence-corrected chi connectivity index (χ1v) is 6.06. The molecule has 6 heteroatoms. The van der Waals surface area contributed by atoms with Crippen LogP contribution >= 0.6 is 0 Å². The van der Waals surface area contributed by atoms with Crippen LogP contribution in [-0.4, -0.2) is 11.3 Å². The van der Waals surface area contributed by atoms with Crippen molar-refractivity contribution in [3.63, 3.8) is 0 Å². The van der Waals surface area contributed by atoms with Gasteiger partial charge in [0.15, 0.2) is 0 Å². The number of ether oxygens (including phenoxy) is 1. The van der Waals surface area contributed by atoms with E-state index in [0.29, 0.717) is 16.8 Å². The van der Waals surface area contributed by atoms with Crippen molar-refractivity contribution in [2.45, 2.75) is 19.2 Å². The van der Waals surface area contributed by atoms with Gasteiger partial charge in [-0.15, -0.1) is 13.2 Å². The minimum atomic E-state index is -4.75. The van der Waals surface area contributed by atoms with Crippen LogP contribution in [0.25, 0.3) is 11.1 Å². The van der Waals surface area contributed by atoms with Gasteiger partial charge in [-0.25, -0.2) is 4.98 Å². The van der Waals surface area contributed by atoms with Crippen molar-refractivity contribution in [3.05, 3.63) is 41.6 Å². The second-order valence-electron chi connectivity index (χ2n) is 4.60. The van der Waals surface area contributed by atoms with Crippen LogP contribution in [0.15, 0.2) is 30.5 Å². The van der Waals surface area contributed by atoms with Crippen LogP contribution < -0.4 is 10.5 Å². The van der Waals surface area contributed by atoms with Crippen molar-refractivity contribution in [1.29, 1.82) is 0 Å². The van der Waals surface area contributed by atoms with Gasteiger partial charge in [-0.05, 0) is 35.6 Å². The highest BCUT2D eigenvalue weighted by atomic mass is 19.4. The molecule has 1 aromatic heterocycles. The largest absolute Gasteiger partial charge is 0.574 e. The van der Waals surface area contributed by atoms with Gasteiger partial charge in [-0.3, -0.25) is 0 Å². The molecule has 0 atom stereocenters. The molecule has 2 aromatic rings. The normalized spacial score (nSPS) is 13.6. The molecular weight excluding hydrogens is 269 g/mol. The quantitative estimate of drug-likeness (QED) is 0.858. The Morgan fingerprint density at radius 3 is 2.60 bits per heavy atom. The number of nitrogens with zero attached hydrogens (tertiary/aromatic N) is 1. The molecule has 2 N–H and O–H groups in total. The maximum atomic E-state index is 12.2. The van der Waals surface area contributed by atoms with E-state index in [-0.39, 0.29) is 0 Å². The molecule has 1 aromatic carbocycles. The number of alkyl halides is 3. The van der Waals surface area contributed by atoms with Crippen molar-refractivity contribution in [2.24, 2.45) is 0 Å². The fraction of sp³-hybridized carbons (Fsp3) is 0.214. The molecule has 3 nitrogen and oxygen atoms in total. The fourth-order valence-electron chi connectivity index (χ4n) is 2.33. The van der Waals surface area contributed by atoms with Crippen LogP contribution in [0, 0.1) is 0 Å². The second kappa shape index (κ2) is 4.40. The van der Waals surface area contributed by atoms with Crippen molar-refractivity contribution < 1.29 is 17.9 Å². The Balaban J connectivity index is 1.99.